The van der Waals surface area contributed by atoms with E-state index in [1.807, 2.05) is 36.4 Å². The zero-order chi connectivity index (χ0) is 20.1. The Balaban J connectivity index is 1.63. The first-order valence-corrected chi connectivity index (χ1v) is 11.0. The number of rotatable bonds is 8. The molecule has 0 spiro atoms. The van der Waals surface area contributed by atoms with Gasteiger partial charge in [-0.2, -0.15) is 4.31 Å². The van der Waals surface area contributed by atoms with E-state index in [-0.39, 0.29) is 12.4 Å². The van der Waals surface area contributed by atoms with Crippen molar-refractivity contribution in [3.05, 3.63) is 53.1 Å². The average molecular weight is 406 g/mol. The SMILES string of the molecule is CCc1ccc(OCCS(=O)(=O)N2CCc3cc(OC)c(OC)cc3C2)cc1. The van der Waals surface area contributed by atoms with E-state index in [4.69, 9.17) is 14.2 Å². The minimum absolute atomic E-state index is 0.0504. The van der Waals surface area contributed by atoms with Gasteiger partial charge >= 0.3 is 0 Å². The van der Waals surface area contributed by atoms with Crippen LogP contribution in [-0.2, 0) is 29.4 Å². The van der Waals surface area contributed by atoms with Crippen LogP contribution in [-0.4, -0.2) is 45.8 Å². The average Bonchev–Trinajstić information content (AvgIpc) is 2.72. The molecule has 0 unspecified atom stereocenters. The minimum Gasteiger partial charge on any atom is -0.493 e. The van der Waals surface area contributed by atoms with Crippen LogP contribution in [0.25, 0.3) is 0 Å². The Hall–Kier alpha value is -2.25. The molecule has 1 aliphatic rings. The first-order valence-electron chi connectivity index (χ1n) is 9.40. The van der Waals surface area contributed by atoms with E-state index in [9.17, 15) is 8.42 Å². The number of nitrogens with zero attached hydrogens (tertiary/aromatic N) is 1. The van der Waals surface area contributed by atoms with Gasteiger partial charge in [-0.3, -0.25) is 0 Å². The molecule has 0 saturated heterocycles. The second-order valence-corrected chi connectivity index (χ2v) is 8.81. The van der Waals surface area contributed by atoms with Crippen molar-refractivity contribution < 1.29 is 22.6 Å². The molecule has 1 aliphatic heterocycles. The standard InChI is InChI=1S/C21H27NO5S/c1-4-16-5-7-19(8-6-16)27-11-12-28(23,24)22-10-9-17-13-20(25-2)21(26-3)14-18(17)15-22/h5-8,13-14H,4,9-12,15H2,1-3H3. The van der Waals surface area contributed by atoms with Crippen LogP contribution in [0.2, 0.25) is 0 Å². The second kappa shape index (κ2) is 8.84. The summed E-state index contributed by atoms with van der Waals surface area (Å²) in [5.74, 6) is 1.91. The maximum Gasteiger partial charge on any atom is 0.217 e. The van der Waals surface area contributed by atoms with Crippen molar-refractivity contribution in [3.8, 4) is 17.2 Å². The summed E-state index contributed by atoms with van der Waals surface area (Å²) in [6, 6.07) is 11.5. The van der Waals surface area contributed by atoms with E-state index in [1.165, 1.54) is 9.87 Å². The Kier molecular flexibility index (Phi) is 6.46. The summed E-state index contributed by atoms with van der Waals surface area (Å²) in [5, 5.41) is 0. The highest BCUT2D eigenvalue weighted by molar-refractivity contribution is 7.89. The molecule has 0 atom stereocenters. The van der Waals surface area contributed by atoms with Crippen molar-refractivity contribution in [2.24, 2.45) is 0 Å². The number of hydrogen-bond donors (Lipinski definition) is 0. The summed E-state index contributed by atoms with van der Waals surface area (Å²) in [7, 11) is -0.236. The molecule has 0 saturated carbocycles. The molecule has 0 radical (unpaired) electrons. The number of ether oxygens (including phenoxy) is 3. The Bertz CT molecular complexity index is 909. The Morgan fingerprint density at radius 3 is 2.25 bits per heavy atom. The molecule has 152 valence electrons. The molecular weight excluding hydrogens is 378 g/mol. The van der Waals surface area contributed by atoms with Crippen LogP contribution in [0.15, 0.2) is 36.4 Å². The Labute approximate surface area is 167 Å². The van der Waals surface area contributed by atoms with E-state index < -0.39 is 10.0 Å². The molecule has 0 fully saturated rings. The summed E-state index contributed by atoms with van der Waals surface area (Å²) >= 11 is 0. The maximum absolute atomic E-state index is 12.8. The van der Waals surface area contributed by atoms with Gasteiger partial charge in [0.15, 0.2) is 11.5 Å². The molecular formula is C21H27NO5S. The fourth-order valence-corrected chi connectivity index (χ4v) is 4.57. The molecule has 0 amide bonds. The van der Waals surface area contributed by atoms with Crippen LogP contribution in [0.4, 0.5) is 0 Å². The minimum atomic E-state index is -3.41. The molecule has 0 N–H and O–H groups in total. The number of sulfonamides is 1. The van der Waals surface area contributed by atoms with Crippen molar-refractivity contribution >= 4 is 10.0 Å². The summed E-state index contributed by atoms with van der Waals surface area (Å²) in [6.07, 6.45) is 1.61. The highest BCUT2D eigenvalue weighted by atomic mass is 32.2. The van der Waals surface area contributed by atoms with Crippen LogP contribution in [0.1, 0.15) is 23.6 Å². The molecule has 0 bridgehead atoms. The molecule has 0 aromatic heterocycles. The predicted octanol–water partition coefficient (Wildman–Crippen LogP) is 3.03. The van der Waals surface area contributed by atoms with Gasteiger partial charge in [-0.15, -0.1) is 0 Å². The van der Waals surface area contributed by atoms with Gasteiger partial charge in [0.25, 0.3) is 0 Å². The smallest absolute Gasteiger partial charge is 0.217 e. The van der Waals surface area contributed by atoms with E-state index >= 15 is 0 Å². The van der Waals surface area contributed by atoms with Crippen molar-refractivity contribution in [1.29, 1.82) is 0 Å². The third-order valence-corrected chi connectivity index (χ3v) is 6.80. The zero-order valence-corrected chi connectivity index (χ0v) is 17.4. The summed E-state index contributed by atoms with van der Waals surface area (Å²) < 4.78 is 43.3. The number of fused-ring (bicyclic) bond motifs is 1. The number of methoxy groups -OCH3 is 2. The number of aryl methyl sites for hydroxylation is 1. The van der Waals surface area contributed by atoms with Crippen molar-refractivity contribution in [1.82, 2.24) is 4.31 Å². The molecule has 2 aromatic carbocycles. The van der Waals surface area contributed by atoms with Gasteiger partial charge in [-0.05, 0) is 53.8 Å². The van der Waals surface area contributed by atoms with Crippen molar-refractivity contribution in [2.75, 3.05) is 33.1 Å². The monoisotopic (exact) mass is 405 g/mol. The third-order valence-electron chi connectivity index (χ3n) is 5.02. The molecule has 2 aromatic rings. The van der Waals surface area contributed by atoms with Gasteiger partial charge in [0.2, 0.25) is 10.0 Å². The third kappa shape index (κ3) is 4.59. The fourth-order valence-electron chi connectivity index (χ4n) is 3.31. The largest absolute Gasteiger partial charge is 0.493 e. The lowest BCUT2D eigenvalue weighted by molar-refractivity contribution is 0.329. The van der Waals surface area contributed by atoms with Gasteiger partial charge in [0.1, 0.15) is 12.4 Å². The normalized spacial score (nSPS) is 14.4. The zero-order valence-electron chi connectivity index (χ0n) is 16.6. The first-order chi connectivity index (χ1) is 13.5. The van der Waals surface area contributed by atoms with Crippen LogP contribution >= 0.6 is 0 Å². The van der Waals surface area contributed by atoms with Crippen molar-refractivity contribution in [3.63, 3.8) is 0 Å². The van der Waals surface area contributed by atoms with Gasteiger partial charge in [0, 0.05) is 13.1 Å². The number of benzene rings is 2. The van der Waals surface area contributed by atoms with Gasteiger partial charge < -0.3 is 14.2 Å². The van der Waals surface area contributed by atoms with Crippen LogP contribution < -0.4 is 14.2 Å². The lowest BCUT2D eigenvalue weighted by Crippen LogP contribution is -2.38. The maximum atomic E-state index is 12.8. The molecule has 6 nitrogen and oxygen atoms in total. The van der Waals surface area contributed by atoms with Crippen molar-refractivity contribution in [2.45, 2.75) is 26.3 Å². The van der Waals surface area contributed by atoms with E-state index in [2.05, 4.69) is 6.92 Å². The highest BCUT2D eigenvalue weighted by Crippen LogP contribution is 2.33. The van der Waals surface area contributed by atoms with Crippen LogP contribution in [0.5, 0.6) is 17.2 Å². The lowest BCUT2D eigenvalue weighted by atomic mass is 10.0. The molecule has 3 rings (SSSR count). The van der Waals surface area contributed by atoms with E-state index in [0.717, 1.165) is 17.5 Å². The van der Waals surface area contributed by atoms with Gasteiger partial charge in [-0.25, -0.2) is 8.42 Å². The highest BCUT2D eigenvalue weighted by Gasteiger charge is 2.27. The van der Waals surface area contributed by atoms with Gasteiger partial charge in [-0.1, -0.05) is 19.1 Å². The quantitative estimate of drug-likeness (QED) is 0.675. The first kappa shape index (κ1) is 20.5. The van der Waals surface area contributed by atoms with Crippen LogP contribution in [0, 0.1) is 0 Å². The number of hydrogen-bond acceptors (Lipinski definition) is 5. The molecule has 7 heteroatoms. The van der Waals surface area contributed by atoms with E-state index in [1.54, 1.807) is 14.2 Å². The summed E-state index contributed by atoms with van der Waals surface area (Å²) in [5.41, 5.74) is 3.26. The summed E-state index contributed by atoms with van der Waals surface area (Å²) in [4.78, 5) is 0. The fraction of sp³-hybridized carbons (Fsp3) is 0.429. The van der Waals surface area contributed by atoms with Gasteiger partial charge in [0.05, 0.1) is 20.0 Å². The Morgan fingerprint density at radius 2 is 1.64 bits per heavy atom. The molecule has 1 heterocycles. The van der Waals surface area contributed by atoms with Crippen LogP contribution in [0.3, 0.4) is 0 Å². The second-order valence-electron chi connectivity index (χ2n) is 6.72. The Morgan fingerprint density at radius 1 is 1.00 bits per heavy atom. The molecule has 28 heavy (non-hydrogen) atoms. The van der Waals surface area contributed by atoms with E-state index in [0.29, 0.717) is 36.8 Å². The lowest BCUT2D eigenvalue weighted by Gasteiger charge is -2.29. The predicted molar refractivity (Wildman–Crippen MR) is 109 cm³/mol. The molecule has 0 aliphatic carbocycles. The topological polar surface area (TPSA) is 65.1 Å². The summed E-state index contributed by atoms with van der Waals surface area (Å²) in [6.45, 7) is 3.01.